The zero-order valence-corrected chi connectivity index (χ0v) is 10.3. The van der Waals surface area contributed by atoms with E-state index in [9.17, 15) is 4.79 Å². The molecule has 3 heteroatoms. The molecule has 2 fully saturated rings. The van der Waals surface area contributed by atoms with E-state index in [1.807, 2.05) is 0 Å². The largest absolute Gasteiger partial charge is 0.377 e. The Morgan fingerprint density at radius 2 is 2.06 bits per heavy atom. The van der Waals surface area contributed by atoms with Gasteiger partial charge in [0, 0.05) is 32.0 Å². The molecule has 1 heterocycles. The highest BCUT2D eigenvalue weighted by Gasteiger charge is 2.26. The van der Waals surface area contributed by atoms with Crippen molar-refractivity contribution in [3.05, 3.63) is 0 Å². The summed E-state index contributed by atoms with van der Waals surface area (Å²) >= 11 is 0. The summed E-state index contributed by atoms with van der Waals surface area (Å²) in [7, 11) is 0. The van der Waals surface area contributed by atoms with Crippen LogP contribution in [0.3, 0.4) is 0 Å². The third kappa shape index (κ3) is 3.05. The topological polar surface area (TPSA) is 29.5 Å². The quantitative estimate of drug-likeness (QED) is 0.733. The number of carbonyl (C=O) groups excluding carboxylic acids is 1. The molecule has 92 valence electrons. The Morgan fingerprint density at radius 1 is 1.31 bits per heavy atom. The van der Waals surface area contributed by atoms with Crippen LogP contribution >= 0.6 is 0 Å². The summed E-state index contributed by atoms with van der Waals surface area (Å²) in [5.41, 5.74) is 0. The minimum atomic E-state index is 0.442. The van der Waals surface area contributed by atoms with E-state index in [0.29, 0.717) is 17.9 Å². The first-order valence-electron chi connectivity index (χ1n) is 6.67. The van der Waals surface area contributed by atoms with Gasteiger partial charge in [-0.2, -0.15) is 0 Å². The molecule has 1 aliphatic heterocycles. The van der Waals surface area contributed by atoms with Gasteiger partial charge in [-0.05, 0) is 32.2 Å². The van der Waals surface area contributed by atoms with Crippen molar-refractivity contribution < 1.29 is 9.53 Å². The van der Waals surface area contributed by atoms with Crippen molar-refractivity contribution in [2.24, 2.45) is 0 Å². The molecule has 0 aromatic carbocycles. The lowest BCUT2D eigenvalue weighted by molar-refractivity contribution is -0.121. The van der Waals surface area contributed by atoms with E-state index < -0.39 is 0 Å². The van der Waals surface area contributed by atoms with Gasteiger partial charge in [0.05, 0.1) is 6.10 Å². The van der Waals surface area contributed by atoms with Crippen LogP contribution in [-0.4, -0.2) is 42.5 Å². The second kappa shape index (κ2) is 5.78. The minimum Gasteiger partial charge on any atom is -0.377 e. The number of ketones is 1. The molecule has 3 nitrogen and oxygen atoms in total. The van der Waals surface area contributed by atoms with Gasteiger partial charge in [-0.15, -0.1) is 0 Å². The van der Waals surface area contributed by atoms with Crippen LogP contribution in [0, 0.1) is 0 Å². The number of Topliss-reactive ketones (excluding diaryl/α,β-unsaturated/α-hetero) is 1. The average molecular weight is 225 g/mol. The van der Waals surface area contributed by atoms with E-state index in [1.54, 1.807) is 0 Å². The number of carbonyl (C=O) groups is 1. The smallest absolute Gasteiger partial charge is 0.133 e. The molecule has 1 saturated heterocycles. The zero-order chi connectivity index (χ0) is 11.4. The second-order valence-corrected chi connectivity index (χ2v) is 4.99. The number of rotatable bonds is 4. The molecule has 0 aromatic rings. The maximum Gasteiger partial charge on any atom is 0.133 e. The van der Waals surface area contributed by atoms with E-state index in [4.69, 9.17) is 4.74 Å². The Labute approximate surface area is 98.1 Å². The van der Waals surface area contributed by atoms with E-state index in [-0.39, 0.29) is 0 Å². The van der Waals surface area contributed by atoms with Crippen LogP contribution in [0.15, 0.2) is 0 Å². The summed E-state index contributed by atoms with van der Waals surface area (Å²) < 4.78 is 5.69. The van der Waals surface area contributed by atoms with Gasteiger partial charge in [-0.3, -0.25) is 9.69 Å². The first-order chi connectivity index (χ1) is 7.79. The first-order valence-corrected chi connectivity index (χ1v) is 6.67. The van der Waals surface area contributed by atoms with E-state index in [1.165, 1.54) is 12.8 Å². The Bertz CT molecular complexity index is 226. The van der Waals surface area contributed by atoms with Crippen molar-refractivity contribution >= 4 is 5.78 Å². The van der Waals surface area contributed by atoms with Crippen molar-refractivity contribution in [3.8, 4) is 0 Å². The third-order valence-corrected chi connectivity index (χ3v) is 3.90. The van der Waals surface area contributed by atoms with E-state index in [2.05, 4.69) is 11.8 Å². The molecule has 0 bridgehead atoms. The summed E-state index contributed by atoms with van der Waals surface area (Å²) in [4.78, 5) is 13.7. The van der Waals surface area contributed by atoms with Crippen LogP contribution < -0.4 is 0 Å². The monoisotopic (exact) mass is 225 g/mol. The van der Waals surface area contributed by atoms with Gasteiger partial charge in [0.2, 0.25) is 0 Å². The molecular weight excluding hydrogens is 202 g/mol. The predicted molar refractivity (Wildman–Crippen MR) is 63.5 cm³/mol. The fourth-order valence-electron chi connectivity index (χ4n) is 2.88. The molecule has 0 aromatic heterocycles. The van der Waals surface area contributed by atoms with Crippen molar-refractivity contribution in [3.63, 3.8) is 0 Å². The van der Waals surface area contributed by atoms with E-state index >= 15 is 0 Å². The Morgan fingerprint density at radius 3 is 2.62 bits per heavy atom. The first kappa shape index (κ1) is 12.1. The van der Waals surface area contributed by atoms with Crippen LogP contribution in [0.2, 0.25) is 0 Å². The third-order valence-electron chi connectivity index (χ3n) is 3.90. The van der Waals surface area contributed by atoms with Crippen LogP contribution in [0.1, 0.15) is 45.4 Å². The molecule has 0 radical (unpaired) electrons. The molecule has 0 amide bonds. The highest BCUT2D eigenvalue weighted by Crippen LogP contribution is 2.22. The molecule has 1 unspecified atom stereocenters. The number of hydrogen-bond donors (Lipinski definition) is 0. The number of hydrogen-bond acceptors (Lipinski definition) is 3. The Hall–Kier alpha value is -0.410. The van der Waals surface area contributed by atoms with Crippen molar-refractivity contribution in [2.75, 3.05) is 19.7 Å². The molecule has 1 aliphatic carbocycles. The minimum absolute atomic E-state index is 0.442. The number of nitrogens with zero attached hydrogens (tertiary/aromatic N) is 1. The maximum atomic E-state index is 11.2. The van der Waals surface area contributed by atoms with Gasteiger partial charge in [-0.1, -0.05) is 6.92 Å². The van der Waals surface area contributed by atoms with Gasteiger partial charge in [0.1, 0.15) is 5.78 Å². The number of likely N-dealkylation sites (N-methyl/N-ethyl adjacent to an activating group) is 1. The normalized spacial score (nSPS) is 27.9. The molecule has 1 saturated carbocycles. The van der Waals surface area contributed by atoms with E-state index in [0.717, 1.165) is 45.4 Å². The van der Waals surface area contributed by atoms with Crippen molar-refractivity contribution in [1.82, 2.24) is 4.90 Å². The summed E-state index contributed by atoms with van der Waals surface area (Å²) in [6.07, 6.45) is 6.55. The maximum absolute atomic E-state index is 11.2. The predicted octanol–water partition coefficient (Wildman–Crippen LogP) is 2.00. The molecule has 16 heavy (non-hydrogen) atoms. The highest BCUT2D eigenvalue weighted by molar-refractivity contribution is 5.79. The standard InChI is InChI=1S/C13H23NO2/c1-2-14(10-13-4-3-9-16-13)11-5-7-12(15)8-6-11/h11,13H,2-10H2,1H3. The summed E-state index contributed by atoms with van der Waals surface area (Å²) in [5.74, 6) is 0.449. The van der Waals surface area contributed by atoms with Crippen molar-refractivity contribution in [2.45, 2.75) is 57.6 Å². The molecule has 0 N–H and O–H groups in total. The zero-order valence-electron chi connectivity index (χ0n) is 10.3. The average Bonchev–Trinajstić information content (AvgIpc) is 2.80. The summed E-state index contributed by atoms with van der Waals surface area (Å²) in [6, 6.07) is 0.617. The van der Waals surface area contributed by atoms with Crippen LogP contribution in [-0.2, 0) is 9.53 Å². The molecule has 0 spiro atoms. The summed E-state index contributed by atoms with van der Waals surface area (Å²) in [5, 5.41) is 0. The van der Waals surface area contributed by atoms with Gasteiger partial charge < -0.3 is 4.74 Å². The summed E-state index contributed by atoms with van der Waals surface area (Å²) in [6.45, 7) is 5.30. The number of ether oxygens (including phenoxy) is 1. The van der Waals surface area contributed by atoms with Crippen LogP contribution in [0.25, 0.3) is 0 Å². The second-order valence-electron chi connectivity index (χ2n) is 4.99. The van der Waals surface area contributed by atoms with Crippen LogP contribution in [0.5, 0.6) is 0 Å². The van der Waals surface area contributed by atoms with Crippen LogP contribution in [0.4, 0.5) is 0 Å². The van der Waals surface area contributed by atoms with Gasteiger partial charge in [-0.25, -0.2) is 0 Å². The fraction of sp³-hybridized carbons (Fsp3) is 0.923. The lowest BCUT2D eigenvalue weighted by atomic mass is 9.93. The van der Waals surface area contributed by atoms with Crippen molar-refractivity contribution in [1.29, 1.82) is 0 Å². The molecule has 1 atom stereocenters. The van der Waals surface area contributed by atoms with Gasteiger partial charge in [0.25, 0.3) is 0 Å². The molecule has 2 rings (SSSR count). The fourth-order valence-corrected chi connectivity index (χ4v) is 2.88. The Kier molecular flexibility index (Phi) is 4.36. The lowest BCUT2D eigenvalue weighted by Gasteiger charge is -2.34. The molecular formula is C13H23NO2. The SMILES string of the molecule is CCN(CC1CCCO1)C1CCC(=O)CC1. The van der Waals surface area contributed by atoms with Gasteiger partial charge >= 0.3 is 0 Å². The lowest BCUT2D eigenvalue weighted by Crippen LogP contribution is -2.42. The molecule has 2 aliphatic rings. The Balaban J connectivity index is 1.81. The van der Waals surface area contributed by atoms with Gasteiger partial charge in [0.15, 0.2) is 0 Å². The highest BCUT2D eigenvalue weighted by atomic mass is 16.5.